The molecule has 0 spiro atoms. The minimum absolute atomic E-state index is 0.293. The second kappa shape index (κ2) is 5.57. The third-order valence-corrected chi connectivity index (χ3v) is 2.34. The molecule has 0 aromatic carbocycles. The van der Waals surface area contributed by atoms with Crippen molar-refractivity contribution < 1.29 is 14.6 Å². The number of carbonyl (C=O) groups is 1. The van der Waals surface area contributed by atoms with Gasteiger partial charge >= 0.3 is 6.09 Å². The largest absolute Gasteiger partial charge is 0.444 e. The zero-order valence-electron chi connectivity index (χ0n) is 12.2. The maximum atomic E-state index is 11.5. The van der Waals surface area contributed by atoms with Crippen LogP contribution >= 0.6 is 0 Å². The van der Waals surface area contributed by atoms with Gasteiger partial charge in [0.1, 0.15) is 5.60 Å². The number of ether oxygens (including phenoxy) is 1. The number of rotatable bonds is 3. The van der Waals surface area contributed by atoms with Gasteiger partial charge in [0.15, 0.2) is 0 Å². The van der Waals surface area contributed by atoms with E-state index >= 15 is 0 Å². The fraction of sp³-hybridized carbons (Fsp3) is 0.571. The fourth-order valence-electron chi connectivity index (χ4n) is 1.37. The van der Waals surface area contributed by atoms with E-state index in [1.165, 1.54) is 0 Å². The van der Waals surface area contributed by atoms with E-state index in [0.717, 1.165) is 5.56 Å². The molecule has 5 heteroatoms. The summed E-state index contributed by atoms with van der Waals surface area (Å²) in [6.45, 7) is 9.11. The maximum absolute atomic E-state index is 11.5. The quantitative estimate of drug-likeness (QED) is 0.880. The summed E-state index contributed by atoms with van der Waals surface area (Å²) in [5.74, 6) is 0. The maximum Gasteiger partial charge on any atom is 0.407 e. The molecule has 1 aromatic rings. The van der Waals surface area contributed by atoms with Crippen molar-refractivity contribution in [3.63, 3.8) is 0 Å². The van der Waals surface area contributed by atoms with Crippen LogP contribution in [0.25, 0.3) is 0 Å². The Morgan fingerprint density at radius 3 is 2.37 bits per heavy atom. The molecule has 2 N–H and O–H groups in total. The average molecular weight is 266 g/mol. The molecule has 0 saturated heterocycles. The fourth-order valence-corrected chi connectivity index (χ4v) is 1.37. The van der Waals surface area contributed by atoms with Gasteiger partial charge in [-0.25, -0.2) is 4.79 Å². The predicted octanol–water partition coefficient (Wildman–Crippen LogP) is 2.33. The number of nitrogens with one attached hydrogen (secondary N) is 1. The molecule has 0 fully saturated rings. The van der Waals surface area contributed by atoms with E-state index in [4.69, 9.17) is 4.74 Å². The van der Waals surface area contributed by atoms with Gasteiger partial charge in [0.2, 0.25) is 0 Å². The first-order chi connectivity index (χ1) is 8.58. The zero-order valence-corrected chi connectivity index (χ0v) is 12.2. The zero-order chi connectivity index (χ0) is 14.7. The van der Waals surface area contributed by atoms with Crippen LogP contribution in [-0.4, -0.2) is 21.8 Å². The van der Waals surface area contributed by atoms with Gasteiger partial charge in [0, 0.05) is 11.8 Å². The highest BCUT2D eigenvalue weighted by Gasteiger charge is 2.17. The Labute approximate surface area is 114 Å². The molecule has 0 bridgehead atoms. The molecule has 0 radical (unpaired) electrons. The summed E-state index contributed by atoms with van der Waals surface area (Å²) >= 11 is 0. The van der Waals surface area contributed by atoms with Crippen LogP contribution < -0.4 is 5.32 Å². The molecule has 19 heavy (non-hydrogen) atoms. The van der Waals surface area contributed by atoms with E-state index in [1.807, 2.05) is 20.8 Å². The molecule has 1 aromatic heterocycles. The number of hydrogen-bond donors (Lipinski definition) is 2. The van der Waals surface area contributed by atoms with Crippen LogP contribution in [0, 0.1) is 0 Å². The Morgan fingerprint density at radius 1 is 1.32 bits per heavy atom. The molecule has 0 saturated carbocycles. The summed E-state index contributed by atoms with van der Waals surface area (Å²) < 4.78 is 5.12. The Morgan fingerprint density at radius 2 is 1.95 bits per heavy atom. The summed E-state index contributed by atoms with van der Waals surface area (Å²) in [4.78, 5) is 15.6. The normalized spacial score (nSPS) is 12.1. The standard InChI is InChI=1S/C14H22N2O3/c1-13(2,3)19-12(17)16-9-11-7-6-10(8-15-11)14(4,5)18/h6-8,18H,9H2,1-5H3,(H,16,17). The first-order valence-electron chi connectivity index (χ1n) is 6.22. The number of carbonyl (C=O) groups excluding carboxylic acids is 1. The van der Waals surface area contributed by atoms with Crippen LogP contribution in [0.1, 0.15) is 45.9 Å². The van der Waals surface area contributed by atoms with Crippen molar-refractivity contribution in [1.29, 1.82) is 0 Å². The molecular formula is C14H22N2O3. The summed E-state index contributed by atoms with van der Waals surface area (Å²) in [6, 6.07) is 3.56. The lowest BCUT2D eigenvalue weighted by Gasteiger charge is -2.20. The number of amides is 1. The molecule has 5 nitrogen and oxygen atoms in total. The Hall–Kier alpha value is -1.62. The van der Waals surface area contributed by atoms with Gasteiger partial charge in [0.25, 0.3) is 0 Å². The van der Waals surface area contributed by atoms with Gasteiger partial charge < -0.3 is 15.2 Å². The monoisotopic (exact) mass is 266 g/mol. The molecule has 1 rings (SSSR count). The van der Waals surface area contributed by atoms with Crippen molar-refractivity contribution in [3.05, 3.63) is 29.6 Å². The number of aromatic nitrogens is 1. The Bertz CT molecular complexity index is 427. The topological polar surface area (TPSA) is 71.5 Å². The van der Waals surface area contributed by atoms with Gasteiger partial charge in [-0.3, -0.25) is 4.98 Å². The van der Waals surface area contributed by atoms with Gasteiger partial charge in [-0.15, -0.1) is 0 Å². The van der Waals surface area contributed by atoms with E-state index in [2.05, 4.69) is 10.3 Å². The molecule has 0 unspecified atom stereocenters. The molecule has 1 amide bonds. The number of nitrogens with zero attached hydrogens (tertiary/aromatic N) is 1. The summed E-state index contributed by atoms with van der Waals surface area (Å²) in [6.07, 6.45) is 1.13. The second-order valence-corrected chi connectivity index (χ2v) is 5.95. The van der Waals surface area contributed by atoms with E-state index in [9.17, 15) is 9.90 Å². The first-order valence-corrected chi connectivity index (χ1v) is 6.22. The molecule has 0 aliphatic carbocycles. The van der Waals surface area contributed by atoms with Crippen molar-refractivity contribution in [2.75, 3.05) is 0 Å². The molecule has 1 heterocycles. The number of pyridine rings is 1. The molecular weight excluding hydrogens is 244 g/mol. The lowest BCUT2D eigenvalue weighted by molar-refractivity contribution is 0.0522. The lowest BCUT2D eigenvalue weighted by Crippen LogP contribution is -2.32. The van der Waals surface area contributed by atoms with Crippen LogP contribution in [0.3, 0.4) is 0 Å². The number of aliphatic hydroxyl groups is 1. The van der Waals surface area contributed by atoms with Crippen molar-refractivity contribution >= 4 is 6.09 Å². The number of hydrogen-bond acceptors (Lipinski definition) is 4. The lowest BCUT2D eigenvalue weighted by atomic mass is 10.0. The van der Waals surface area contributed by atoms with Crippen LogP contribution in [0.4, 0.5) is 4.79 Å². The van der Waals surface area contributed by atoms with Crippen molar-refractivity contribution in [2.45, 2.75) is 52.4 Å². The molecule has 0 atom stereocenters. The minimum Gasteiger partial charge on any atom is -0.444 e. The Kier molecular flexibility index (Phi) is 4.52. The van der Waals surface area contributed by atoms with E-state index < -0.39 is 17.3 Å². The van der Waals surface area contributed by atoms with Crippen molar-refractivity contribution in [2.24, 2.45) is 0 Å². The van der Waals surface area contributed by atoms with E-state index in [1.54, 1.807) is 32.2 Å². The third-order valence-electron chi connectivity index (χ3n) is 2.34. The minimum atomic E-state index is -0.913. The van der Waals surface area contributed by atoms with Gasteiger partial charge in [-0.1, -0.05) is 6.07 Å². The summed E-state index contributed by atoms with van der Waals surface area (Å²) in [7, 11) is 0. The summed E-state index contributed by atoms with van der Waals surface area (Å²) in [5.41, 5.74) is 0.0132. The van der Waals surface area contributed by atoms with Gasteiger partial charge in [-0.2, -0.15) is 0 Å². The van der Waals surface area contributed by atoms with Gasteiger partial charge in [-0.05, 0) is 40.7 Å². The highest BCUT2D eigenvalue weighted by Crippen LogP contribution is 2.18. The SMILES string of the molecule is CC(C)(C)OC(=O)NCc1ccc(C(C)(C)O)cn1. The smallest absolute Gasteiger partial charge is 0.407 e. The second-order valence-electron chi connectivity index (χ2n) is 5.95. The van der Waals surface area contributed by atoms with Crippen LogP contribution in [-0.2, 0) is 16.9 Å². The molecule has 0 aliphatic rings. The van der Waals surface area contributed by atoms with Crippen molar-refractivity contribution in [1.82, 2.24) is 10.3 Å². The average Bonchev–Trinajstić information content (AvgIpc) is 2.23. The number of alkyl carbamates (subject to hydrolysis) is 1. The van der Waals surface area contributed by atoms with Crippen LogP contribution in [0.15, 0.2) is 18.3 Å². The Balaban J connectivity index is 2.53. The van der Waals surface area contributed by atoms with E-state index in [-0.39, 0.29) is 0 Å². The van der Waals surface area contributed by atoms with Crippen LogP contribution in [0.2, 0.25) is 0 Å². The highest BCUT2D eigenvalue weighted by atomic mass is 16.6. The van der Waals surface area contributed by atoms with Gasteiger partial charge in [0.05, 0.1) is 17.8 Å². The molecule has 106 valence electrons. The summed E-state index contributed by atoms with van der Waals surface area (Å²) in [5, 5.41) is 12.4. The third kappa shape index (κ3) is 5.70. The highest BCUT2D eigenvalue weighted by molar-refractivity contribution is 5.67. The van der Waals surface area contributed by atoms with E-state index in [0.29, 0.717) is 12.2 Å². The van der Waals surface area contributed by atoms with Crippen molar-refractivity contribution in [3.8, 4) is 0 Å². The first kappa shape index (κ1) is 15.4. The predicted molar refractivity (Wildman–Crippen MR) is 72.6 cm³/mol. The van der Waals surface area contributed by atoms with Crippen LogP contribution in [0.5, 0.6) is 0 Å². The molecule has 0 aliphatic heterocycles.